The fraction of sp³-hybridized carbons (Fsp3) is 0.643. The van der Waals surface area contributed by atoms with Crippen molar-refractivity contribution in [2.24, 2.45) is 5.92 Å². The van der Waals surface area contributed by atoms with Gasteiger partial charge in [0.25, 0.3) is 0 Å². The second kappa shape index (κ2) is 8.14. The Morgan fingerprint density at radius 2 is 2.22 bits per heavy atom. The fourth-order valence-electron chi connectivity index (χ4n) is 2.54. The van der Waals surface area contributed by atoms with E-state index in [4.69, 9.17) is 4.42 Å². The number of halogens is 1. The van der Waals surface area contributed by atoms with Crippen LogP contribution in [-0.4, -0.2) is 40.6 Å². The van der Waals surface area contributed by atoms with Crippen molar-refractivity contribution in [3.05, 3.63) is 17.6 Å². The molecule has 7 nitrogen and oxygen atoms in total. The maximum absolute atomic E-state index is 12.6. The van der Waals surface area contributed by atoms with E-state index in [0.29, 0.717) is 6.42 Å². The van der Waals surface area contributed by atoms with Crippen molar-refractivity contribution in [2.45, 2.75) is 37.6 Å². The molecule has 1 saturated heterocycles. The average molecular weight is 367 g/mol. The molecule has 1 aromatic heterocycles. The van der Waals surface area contributed by atoms with Gasteiger partial charge >= 0.3 is 5.97 Å². The summed E-state index contributed by atoms with van der Waals surface area (Å²) < 4.78 is 37.8. The number of hydrogen-bond donors (Lipinski definition) is 2. The SMILES string of the molecule is CCc1oc(C(=O)OC)cc1S(=O)(=O)NC1CCNCC1C.Cl. The van der Waals surface area contributed by atoms with Gasteiger partial charge in [-0.15, -0.1) is 12.4 Å². The third-order valence-corrected chi connectivity index (χ3v) is 5.40. The molecular formula is C14H23ClN2O5S. The topological polar surface area (TPSA) is 97.6 Å². The fourth-order valence-corrected chi connectivity index (χ4v) is 4.16. The zero-order chi connectivity index (χ0) is 16.3. The lowest BCUT2D eigenvalue weighted by molar-refractivity contribution is 0.0563. The summed E-state index contributed by atoms with van der Waals surface area (Å²) in [7, 11) is -2.51. The molecule has 0 bridgehead atoms. The number of nitrogens with one attached hydrogen (secondary N) is 2. The molecule has 2 atom stereocenters. The van der Waals surface area contributed by atoms with E-state index in [1.54, 1.807) is 6.92 Å². The maximum Gasteiger partial charge on any atom is 0.373 e. The van der Waals surface area contributed by atoms with E-state index in [0.717, 1.165) is 19.5 Å². The smallest absolute Gasteiger partial charge is 0.373 e. The molecule has 1 aliphatic rings. The Labute approximate surface area is 142 Å². The van der Waals surface area contributed by atoms with Crippen molar-refractivity contribution < 1.29 is 22.4 Å². The summed E-state index contributed by atoms with van der Waals surface area (Å²) in [6.45, 7) is 5.31. The molecule has 0 amide bonds. The molecule has 0 saturated carbocycles. The number of furan rings is 1. The van der Waals surface area contributed by atoms with Crippen molar-refractivity contribution in [3.63, 3.8) is 0 Å². The number of carbonyl (C=O) groups excluding carboxylic acids is 1. The first-order valence-corrected chi connectivity index (χ1v) is 8.81. The molecule has 0 aromatic carbocycles. The lowest BCUT2D eigenvalue weighted by atomic mass is 9.97. The molecule has 1 fully saturated rings. The largest absolute Gasteiger partial charge is 0.463 e. The Morgan fingerprint density at radius 1 is 1.52 bits per heavy atom. The Bertz CT molecular complexity index is 644. The number of sulfonamides is 1. The minimum Gasteiger partial charge on any atom is -0.463 e. The van der Waals surface area contributed by atoms with Gasteiger partial charge in [-0.2, -0.15) is 0 Å². The van der Waals surface area contributed by atoms with Crippen molar-refractivity contribution in [3.8, 4) is 0 Å². The summed E-state index contributed by atoms with van der Waals surface area (Å²) in [5.74, 6) is -0.334. The van der Waals surface area contributed by atoms with Gasteiger partial charge in [-0.3, -0.25) is 0 Å². The minimum atomic E-state index is -3.74. The van der Waals surface area contributed by atoms with Crippen molar-refractivity contribution in [2.75, 3.05) is 20.2 Å². The molecule has 0 aliphatic carbocycles. The van der Waals surface area contributed by atoms with E-state index in [1.807, 2.05) is 6.92 Å². The van der Waals surface area contributed by atoms with Crippen LogP contribution >= 0.6 is 12.4 Å². The average Bonchev–Trinajstić information content (AvgIpc) is 2.94. The van der Waals surface area contributed by atoms with Crippen molar-refractivity contribution in [1.29, 1.82) is 0 Å². The molecule has 2 rings (SSSR count). The number of hydrogen-bond acceptors (Lipinski definition) is 6. The maximum atomic E-state index is 12.6. The highest BCUT2D eigenvalue weighted by Gasteiger charge is 2.30. The number of carbonyl (C=O) groups is 1. The molecule has 1 aromatic rings. The predicted octanol–water partition coefficient (Wildman–Crippen LogP) is 1.33. The highest BCUT2D eigenvalue weighted by molar-refractivity contribution is 7.89. The summed E-state index contributed by atoms with van der Waals surface area (Å²) in [5, 5.41) is 3.22. The number of aryl methyl sites for hydroxylation is 1. The van der Waals surface area contributed by atoms with Crippen LogP contribution in [0.15, 0.2) is 15.4 Å². The van der Waals surface area contributed by atoms with Gasteiger partial charge in [-0.05, 0) is 25.4 Å². The molecule has 0 radical (unpaired) electrons. The zero-order valence-corrected chi connectivity index (χ0v) is 15.1. The highest BCUT2D eigenvalue weighted by atomic mass is 35.5. The van der Waals surface area contributed by atoms with E-state index < -0.39 is 16.0 Å². The monoisotopic (exact) mass is 366 g/mol. The van der Waals surface area contributed by atoms with Gasteiger partial charge in [-0.1, -0.05) is 13.8 Å². The summed E-state index contributed by atoms with van der Waals surface area (Å²) in [6, 6.07) is 1.10. The first kappa shape index (κ1) is 20.0. The molecule has 0 spiro atoms. The number of ether oxygens (including phenoxy) is 1. The van der Waals surface area contributed by atoms with Gasteiger partial charge in [0, 0.05) is 18.5 Å². The van der Waals surface area contributed by atoms with Crippen LogP contribution in [0.1, 0.15) is 36.6 Å². The lowest BCUT2D eigenvalue weighted by Gasteiger charge is -2.29. The molecule has 132 valence electrons. The lowest BCUT2D eigenvalue weighted by Crippen LogP contribution is -2.48. The summed E-state index contributed by atoms with van der Waals surface area (Å²) in [6.07, 6.45) is 1.10. The zero-order valence-electron chi connectivity index (χ0n) is 13.4. The highest BCUT2D eigenvalue weighted by Crippen LogP contribution is 2.23. The van der Waals surface area contributed by atoms with Crippen molar-refractivity contribution in [1.82, 2.24) is 10.0 Å². The predicted molar refractivity (Wildman–Crippen MR) is 87.4 cm³/mol. The van der Waals surface area contributed by atoms with Crippen LogP contribution in [0, 0.1) is 5.92 Å². The van der Waals surface area contributed by atoms with Crippen LogP contribution in [0.4, 0.5) is 0 Å². The van der Waals surface area contributed by atoms with Gasteiger partial charge in [0.05, 0.1) is 7.11 Å². The van der Waals surface area contributed by atoms with E-state index in [-0.39, 0.29) is 40.8 Å². The molecular weight excluding hydrogens is 344 g/mol. The number of methoxy groups -OCH3 is 1. The van der Waals surface area contributed by atoms with E-state index in [2.05, 4.69) is 14.8 Å². The number of piperidine rings is 1. The van der Waals surface area contributed by atoms with Gasteiger partial charge in [-0.25, -0.2) is 17.9 Å². The van der Waals surface area contributed by atoms with Crippen LogP contribution in [0.5, 0.6) is 0 Å². The second-order valence-electron chi connectivity index (χ2n) is 5.44. The van der Waals surface area contributed by atoms with Crippen LogP contribution in [0.3, 0.4) is 0 Å². The van der Waals surface area contributed by atoms with Gasteiger partial charge < -0.3 is 14.5 Å². The molecule has 2 unspecified atom stereocenters. The molecule has 2 heterocycles. The Morgan fingerprint density at radius 3 is 2.78 bits per heavy atom. The van der Waals surface area contributed by atoms with Crippen LogP contribution in [0.25, 0.3) is 0 Å². The molecule has 9 heteroatoms. The second-order valence-corrected chi connectivity index (χ2v) is 7.12. The number of rotatable bonds is 5. The van der Waals surface area contributed by atoms with Crippen LogP contribution in [0.2, 0.25) is 0 Å². The first-order chi connectivity index (χ1) is 10.4. The molecule has 1 aliphatic heterocycles. The van der Waals surface area contributed by atoms with Crippen LogP contribution in [-0.2, 0) is 21.2 Å². The van der Waals surface area contributed by atoms with Crippen LogP contribution < -0.4 is 10.0 Å². The van der Waals surface area contributed by atoms with E-state index in [1.165, 1.54) is 13.2 Å². The Balaban J connectivity index is 0.00000264. The Hall–Kier alpha value is -1.09. The number of esters is 1. The standard InChI is InChI=1S/C14H22N2O5S.ClH/c1-4-11-13(7-12(21-11)14(17)20-3)22(18,19)16-10-5-6-15-8-9(10)2;/h7,9-10,15-16H,4-6,8H2,1-3H3;1H. The normalized spacial score (nSPS) is 21.5. The van der Waals surface area contributed by atoms with Gasteiger partial charge in [0.15, 0.2) is 0 Å². The molecule has 2 N–H and O–H groups in total. The summed E-state index contributed by atoms with van der Waals surface area (Å²) in [4.78, 5) is 11.5. The van der Waals surface area contributed by atoms with Gasteiger partial charge in [0.2, 0.25) is 15.8 Å². The molecule has 23 heavy (non-hydrogen) atoms. The van der Waals surface area contributed by atoms with E-state index in [9.17, 15) is 13.2 Å². The van der Waals surface area contributed by atoms with Crippen molar-refractivity contribution >= 4 is 28.4 Å². The van der Waals surface area contributed by atoms with Gasteiger partial charge in [0.1, 0.15) is 10.7 Å². The van der Waals surface area contributed by atoms with E-state index >= 15 is 0 Å². The third kappa shape index (κ3) is 4.47. The Kier molecular flexibility index (Phi) is 7.06. The third-order valence-electron chi connectivity index (χ3n) is 3.86. The first-order valence-electron chi connectivity index (χ1n) is 7.33. The summed E-state index contributed by atoms with van der Waals surface area (Å²) in [5.41, 5.74) is 0. The quantitative estimate of drug-likeness (QED) is 0.763. The summed E-state index contributed by atoms with van der Waals surface area (Å²) >= 11 is 0. The minimum absolute atomic E-state index is 0.